The number of nitrogen functional groups attached to an aromatic ring is 1. The zero-order valence-corrected chi connectivity index (χ0v) is 22.9. The minimum atomic E-state index is 0.642. The SMILES string of the molecule is CCC.N#Cc1ccc(Nc2ccccc2-c2cccc3c2SN(c2ccc(N)cc2)c2ccccc2-3)cc1. The fourth-order valence-corrected chi connectivity index (χ4v) is 5.71. The molecule has 1 heterocycles. The lowest BCUT2D eigenvalue weighted by Crippen LogP contribution is -2.13. The lowest BCUT2D eigenvalue weighted by Gasteiger charge is -2.33. The lowest BCUT2D eigenvalue weighted by atomic mass is 9.96. The summed E-state index contributed by atoms with van der Waals surface area (Å²) in [7, 11) is 0. The Kier molecular flexibility index (Phi) is 7.86. The average Bonchev–Trinajstić information content (AvgIpc) is 2.98. The number of para-hydroxylation sites is 2. The van der Waals surface area contributed by atoms with Gasteiger partial charge in [-0.3, -0.25) is 4.31 Å². The summed E-state index contributed by atoms with van der Waals surface area (Å²) >= 11 is 1.73. The quantitative estimate of drug-likeness (QED) is 0.180. The van der Waals surface area contributed by atoms with E-state index in [1.54, 1.807) is 11.9 Å². The maximum Gasteiger partial charge on any atom is 0.0991 e. The van der Waals surface area contributed by atoms with E-state index in [4.69, 9.17) is 11.0 Å². The second-order valence-electron chi connectivity index (χ2n) is 9.24. The fourth-order valence-electron chi connectivity index (χ4n) is 4.49. The molecule has 5 heteroatoms. The van der Waals surface area contributed by atoms with Gasteiger partial charge in [0.1, 0.15) is 0 Å². The number of fused-ring (bicyclic) bond motifs is 3. The van der Waals surface area contributed by atoms with Crippen molar-refractivity contribution in [3.63, 3.8) is 0 Å². The summed E-state index contributed by atoms with van der Waals surface area (Å²) in [5.41, 5.74) is 16.2. The van der Waals surface area contributed by atoms with E-state index in [0.29, 0.717) is 5.56 Å². The highest BCUT2D eigenvalue weighted by Gasteiger charge is 2.27. The van der Waals surface area contributed by atoms with Crippen molar-refractivity contribution < 1.29 is 0 Å². The average molecular weight is 527 g/mol. The van der Waals surface area contributed by atoms with Crippen molar-refractivity contribution in [2.24, 2.45) is 0 Å². The molecule has 39 heavy (non-hydrogen) atoms. The summed E-state index contributed by atoms with van der Waals surface area (Å²) in [6, 6.07) is 41.1. The highest BCUT2D eigenvalue weighted by molar-refractivity contribution is 8.01. The highest BCUT2D eigenvalue weighted by Crippen LogP contribution is 2.53. The van der Waals surface area contributed by atoms with Crippen molar-refractivity contribution in [2.75, 3.05) is 15.4 Å². The molecule has 0 saturated heterocycles. The number of nitrogens with one attached hydrogen (secondary N) is 1. The molecule has 0 aromatic heterocycles. The van der Waals surface area contributed by atoms with Crippen molar-refractivity contribution in [1.29, 1.82) is 5.26 Å². The predicted molar refractivity (Wildman–Crippen MR) is 167 cm³/mol. The van der Waals surface area contributed by atoms with Crippen LogP contribution in [0.1, 0.15) is 25.8 Å². The van der Waals surface area contributed by atoms with E-state index >= 15 is 0 Å². The van der Waals surface area contributed by atoms with Gasteiger partial charge < -0.3 is 11.1 Å². The monoisotopic (exact) mass is 526 g/mol. The maximum atomic E-state index is 9.13. The predicted octanol–water partition coefficient (Wildman–Crippen LogP) is 9.79. The van der Waals surface area contributed by atoms with Gasteiger partial charge in [0.05, 0.1) is 23.0 Å². The molecule has 5 aromatic rings. The van der Waals surface area contributed by atoms with Crippen molar-refractivity contribution in [1.82, 2.24) is 0 Å². The molecule has 4 nitrogen and oxygen atoms in total. The Bertz CT molecular complexity index is 1620. The third-order valence-corrected chi connectivity index (χ3v) is 7.46. The Morgan fingerprint density at radius 2 is 1.31 bits per heavy atom. The molecule has 192 valence electrons. The molecular weight excluding hydrogens is 496 g/mol. The normalized spacial score (nSPS) is 11.4. The maximum absolute atomic E-state index is 9.13. The van der Waals surface area contributed by atoms with Crippen LogP contribution in [0.5, 0.6) is 0 Å². The first-order valence-corrected chi connectivity index (χ1v) is 13.8. The molecule has 0 amide bonds. The molecule has 1 aliphatic heterocycles. The molecule has 0 spiro atoms. The second kappa shape index (κ2) is 11.8. The Hall–Kier alpha value is -4.66. The van der Waals surface area contributed by atoms with Gasteiger partial charge in [0.15, 0.2) is 0 Å². The molecule has 0 aliphatic carbocycles. The number of rotatable bonds is 4. The van der Waals surface area contributed by atoms with Gasteiger partial charge in [0.2, 0.25) is 0 Å². The van der Waals surface area contributed by atoms with Crippen LogP contribution < -0.4 is 15.4 Å². The van der Waals surface area contributed by atoms with Crippen molar-refractivity contribution >= 4 is 40.4 Å². The molecule has 1 aliphatic rings. The molecule has 6 rings (SSSR count). The molecular formula is C34H30N4S. The van der Waals surface area contributed by atoms with Crippen LogP contribution in [0.4, 0.5) is 28.4 Å². The Morgan fingerprint density at radius 1 is 0.718 bits per heavy atom. The summed E-state index contributed by atoms with van der Waals surface area (Å²) in [4.78, 5) is 1.20. The molecule has 0 atom stereocenters. The number of hydrogen-bond donors (Lipinski definition) is 2. The van der Waals surface area contributed by atoms with Gasteiger partial charge in [0, 0.05) is 33.1 Å². The van der Waals surface area contributed by atoms with Crippen molar-refractivity contribution in [2.45, 2.75) is 25.2 Å². The number of benzene rings is 5. The van der Waals surface area contributed by atoms with Gasteiger partial charge in [-0.15, -0.1) is 0 Å². The lowest BCUT2D eigenvalue weighted by molar-refractivity contribution is 1.09. The van der Waals surface area contributed by atoms with Crippen LogP contribution in [0.3, 0.4) is 0 Å². The summed E-state index contributed by atoms with van der Waals surface area (Å²) < 4.78 is 2.28. The van der Waals surface area contributed by atoms with Crippen LogP contribution >= 0.6 is 11.9 Å². The number of nitrogens with zero attached hydrogens (tertiary/aromatic N) is 2. The second-order valence-corrected chi connectivity index (χ2v) is 10.2. The third-order valence-electron chi connectivity index (χ3n) is 6.25. The van der Waals surface area contributed by atoms with E-state index < -0.39 is 0 Å². The number of hydrogen-bond acceptors (Lipinski definition) is 5. The van der Waals surface area contributed by atoms with Gasteiger partial charge in [-0.25, -0.2) is 0 Å². The summed E-state index contributed by atoms with van der Waals surface area (Å²) in [6.07, 6.45) is 1.25. The van der Waals surface area contributed by atoms with E-state index in [1.807, 2.05) is 42.5 Å². The minimum Gasteiger partial charge on any atom is -0.399 e. The third kappa shape index (κ3) is 5.47. The fraction of sp³-hybridized carbons (Fsp3) is 0.0882. The zero-order valence-electron chi connectivity index (χ0n) is 22.1. The van der Waals surface area contributed by atoms with E-state index in [2.05, 4.69) is 102 Å². The van der Waals surface area contributed by atoms with Gasteiger partial charge in [-0.1, -0.05) is 74.9 Å². The summed E-state index contributed by atoms with van der Waals surface area (Å²) in [6.45, 7) is 4.25. The molecule has 0 fully saturated rings. The first kappa shape index (κ1) is 26.0. The highest BCUT2D eigenvalue weighted by atomic mass is 32.2. The van der Waals surface area contributed by atoms with Crippen LogP contribution in [0, 0.1) is 11.3 Å². The smallest absolute Gasteiger partial charge is 0.0991 e. The first-order chi connectivity index (χ1) is 19.1. The van der Waals surface area contributed by atoms with E-state index in [9.17, 15) is 0 Å². The van der Waals surface area contributed by atoms with Crippen LogP contribution in [0.15, 0.2) is 120 Å². The molecule has 0 saturated carbocycles. The Labute approximate surface area is 234 Å². The summed E-state index contributed by atoms with van der Waals surface area (Å²) in [5.74, 6) is 0. The van der Waals surface area contributed by atoms with Crippen molar-refractivity contribution in [3.8, 4) is 28.3 Å². The Morgan fingerprint density at radius 3 is 2.00 bits per heavy atom. The van der Waals surface area contributed by atoms with Gasteiger partial charge >= 0.3 is 0 Å². The molecule has 3 N–H and O–H groups in total. The first-order valence-electron chi connectivity index (χ1n) is 13.1. The Balaban J connectivity index is 0.000000983. The van der Waals surface area contributed by atoms with Gasteiger partial charge in [0.25, 0.3) is 0 Å². The number of nitriles is 1. The molecule has 0 unspecified atom stereocenters. The molecule has 0 radical (unpaired) electrons. The van der Waals surface area contributed by atoms with Crippen molar-refractivity contribution in [3.05, 3.63) is 121 Å². The van der Waals surface area contributed by atoms with E-state index in [0.717, 1.165) is 39.6 Å². The van der Waals surface area contributed by atoms with Gasteiger partial charge in [-0.05, 0) is 83.7 Å². The number of anilines is 5. The standard InChI is InChI=1S/C31H22N4S.C3H8/c32-20-21-12-16-23(17-13-21)34-29-10-3-1-6-25(29)27-8-5-9-28-26-7-2-4-11-30(26)35(36-31(27)28)24-18-14-22(33)15-19-24;1-3-2/h1-19,34H,33H2;3H2,1-2H3. The van der Waals surface area contributed by atoms with Crippen LogP contribution in [-0.4, -0.2) is 0 Å². The van der Waals surface area contributed by atoms with E-state index in [1.165, 1.54) is 22.4 Å². The minimum absolute atomic E-state index is 0.642. The van der Waals surface area contributed by atoms with Crippen LogP contribution in [0.2, 0.25) is 0 Å². The topological polar surface area (TPSA) is 65.1 Å². The largest absolute Gasteiger partial charge is 0.399 e. The molecule has 5 aromatic carbocycles. The summed E-state index contributed by atoms with van der Waals surface area (Å²) in [5, 5.41) is 12.7. The van der Waals surface area contributed by atoms with Crippen LogP contribution in [-0.2, 0) is 0 Å². The van der Waals surface area contributed by atoms with Crippen LogP contribution in [0.25, 0.3) is 22.3 Å². The number of nitrogens with two attached hydrogens (primary N) is 1. The van der Waals surface area contributed by atoms with E-state index in [-0.39, 0.29) is 0 Å². The zero-order chi connectivity index (χ0) is 27.2. The molecule has 0 bridgehead atoms. The van der Waals surface area contributed by atoms with Gasteiger partial charge in [-0.2, -0.15) is 5.26 Å².